The molecule has 0 bridgehead atoms. The molecule has 0 amide bonds. The Kier molecular flexibility index (Phi) is 3.18. The van der Waals surface area contributed by atoms with Crippen LogP contribution >= 0.6 is 0 Å². The van der Waals surface area contributed by atoms with Gasteiger partial charge in [0.15, 0.2) is 0 Å². The number of nitrogens with two attached hydrogens (primary N) is 1. The van der Waals surface area contributed by atoms with E-state index >= 15 is 0 Å². The number of nitrogen functional groups attached to an aromatic ring is 1. The van der Waals surface area contributed by atoms with Gasteiger partial charge in [0, 0.05) is 24.0 Å². The maximum atomic E-state index is 5.84. The van der Waals surface area contributed by atoms with E-state index in [9.17, 15) is 0 Å². The van der Waals surface area contributed by atoms with Gasteiger partial charge in [-0.05, 0) is 43.5 Å². The van der Waals surface area contributed by atoms with Crippen LogP contribution in [0.25, 0.3) is 11.1 Å². The first-order valence-corrected chi connectivity index (χ1v) is 6.02. The quantitative estimate of drug-likeness (QED) is 0.822. The van der Waals surface area contributed by atoms with Crippen LogP contribution in [0.4, 0.5) is 5.69 Å². The molecule has 90 valence electrons. The highest BCUT2D eigenvalue weighted by Gasteiger charge is 2.07. The molecule has 1 aromatic carbocycles. The van der Waals surface area contributed by atoms with Crippen molar-refractivity contribution in [3.63, 3.8) is 0 Å². The van der Waals surface area contributed by atoms with Crippen molar-refractivity contribution in [2.45, 2.75) is 33.7 Å². The molecule has 1 heterocycles. The van der Waals surface area contributed by atoms with Crippen LogP contribution in [0.1, 0.15) is 24.6 Å². The molecule has 3 heteroatoms. The van der Waals surface area contributed by atoms with Crippen LogP contribution < -0.4 is 5.73 Å². The van der Waals surface area contributed by atoms with Crippen LogP contribution in [0.3, 0.4) is 0 Å². The Hall–Kier alpha value is -1.77. The van der Waals surface area contributed by atoms with Gasteiger partial charge in [-0.1, -0.05) is 13.0 Å². The first-order chi connectivity index (χ1) is 8.11. The molecule has 0 spiro atoms. The van der Waals surface area contributed by atoms with Crippen LogP contribution in [0, 0.1) is 13.8 Å². The van der Waals surface area contributed by atoms with E-state index in [1.807, 2.05) is 24.6 Å². The molecular weight excluding hydrogens is 210 g/mol. The number of hydrogen-bond acceptors (Lipinski definition) is 2. The predicted molar refractivity (Wildman–Crippen MR) is 71.8 cm³/mol. The molecule has 2 N–H and O–H groups in total. The van der Waals surface area contributed by atoms with Crippen molar-refractivity contribution in [2.24, 2.45) is 0 Å². The van der Waals surface area contributed by atoms with E-state index in [1.54, 1.807) is 0 Å². The summed E-state index contributed by atoms with van der Waals surface area (Å²) in [7, 11) is 0. The largest absolute Gasteiger partial charge is 0.399 e. The second-order valence-corrected chi connectivity index (χ2v) is 4.46. The van der Waals surface area contributed by atoms with Crippen molar-refractivity contribution < 1.29 is 0 Å². The van der Waals surface area contributed by atoms with Crippen LogP contribution in [0.2, 0.25) is 0 Å². The third-order valence-electron chi connectivity index (χ3n) is 2.98. The average molecular weight is 229 g/mol. The van der Waals surface area contributed by atoms with Crippen LogP contribution in [-0.4, -0.2) is 9.78 Å². The Bertz CT molecular complexity index is 526. The zero-order valence-electron chi connectivity index (χ0n) is 10.7. The topological polar surface area (TPSA) is 43.8 Å². The third-order valence-corrected chi connectivity index (χ3v) is 2.98. The highest BCUT2D eigenvalue weighted by atomic mass is 15.3. The molecule has 0 fully saturated rings. The number of nitrogens with zero attached hydrogens (tertiary/aromatic N) is 2. The summed E-state index contributed by atoms with van der Waals surface area (Å²) < 4.78 is 2.01. The summed E-state index contributed by atoms with van der Waals surface area (Å²) in [4.78, 5) is 0. The van der Waals surface area contributed by atoms with E-state index in [0.29, 0.717) is 0 Å². The molecule has 2 rings (SSSR count). The Morgan fingerprint density at radius 1 is 1.29 bits per heavy atom. The number of benzene rings is 1. The molecule has 0 aliphatic carbocycles. The summed E-state index contributed by atoms with van der Waals surface area (Å²) >= 11 is 0. The van der Waals surface area contributed by atoms with Crippen LogP contribution in [-0.2, 0) is 6.54 Å². The summed E-state index contributed by atoms with van der Waals surface area (Å²) in [5, 5.41) is 4.51. The Labute approximate surface area is 102 Å². The first kappa shape index (κ1) is 11.7. The molecule has 17 heavy (non-hydrogen) atoms. The van der Waals surface area contributed by atoms with E-state index in [2.05, 4.69) is 30.4 Å². The highest BCUT2D eigenvalue weighted by molar-refractivity contribution is 5.68. The zero-order chi connectivity index (χ0) is 12.4. The molecular formula is C14H19N3. The molecule has 0 aliphatic heterocycles. The van der Waals surface area contributed by atoms with Crippen molar-refractivity contribution in [3.05, 3.63) is 35.7 Å². The summed E-state index contributed by atoms with van der Waals surface area (Å²) in [6.07, 6.45) is 3.21. The molecule has 0 radical (unpaired) electrons. The molecule has 2 aromatic rings. The molecule has 0 saturated carbocycles. The van der Waals surface area contributed by atoms with Gasteiger partial charge in [-0.3, -0.25) is 4.68 Å². The minimum Gasteiger partial charge on any atom is -0.399 e. The van der Waals surface area contributed by atoms with Gasteiger partial charge in [0.2, 0.25) is 0 Å². The fraction of sp³-hybridized carbons (Fsp3) is 0.357. The molecule has 0 unspecified atom stereocenters. The third kappa shape index (κ3) is 2.33. The smallest absolute Gasteiger partial charge is 0.0672 e. The van der Waals surface area contributed by atoms with Gasteiger partial charge in [0.1, 0.15) is 0 Å². The monoisotopic (exact) mass is 229 g/mol. The maximum absolute atomic E-state index is 5.84. The normalized spacial score (nSPS) is 10.8. The standard InChI is InChI=1S/C14H19N3/c1-4-7-17-9-13(11(3)16-17)12-5-6-14(15)10(2)8-12/h5-6,8-9H,4,7,15H2,1-3H3. The molecule has 0 aliphatic rings. The maximum Gasteiger partial charge on any atom is 0.0672 e. The number of hydrogen-bond donors (Lipinski definition) is 1. The lowest BCUT2D eigenvalue weighted by Crippen LogP contribution is -1.96. The van der Waals surface area contributed by atoms with Gasteiger partial charge < -0.3 is 5.73 Å². The SMILES string of the molecule is CCCn1cc(-c2ccc(N)c(C)c2)c(C)n1. The summed E-state index contributed by atoms with van der Waals surface area (Å²) in [5.74, 6) is 0. The fourth-order valence-electron chi connectivity index (χ4n) is 1.99. The lowest BCUT2D eigenvalue weighted by atomic mass is 10.0. The van der Waals surface area contributed by atoms with Crippen molar-refractivity contribution in [1.82, 2.24) is 9.78 Å². The Morgan fingerprint density at radius 3 is 2.71 bits per heavy atom. The number of anilines is 1. The Morgan fingerprint density at radius 2 is 2.06 bits per heavy atom. The summed E-state index contributed by atoms with van der Waals surface area (Å²) in [5.41, 5.74) is 11.3. The summed E-state index contributed by atoms with van der Waals surface area (Å²) in [6.45, 7) is 7.21. The van der Waals surface area contributed by atoms with E-state index in [-0.39, 0.29) is 0 Å². The zero-order valence-corrected chi connectivity index (χ0v) is 10.7. The minimum atomic E-state index is 0.840. The van der Waals surface area contributed by atoms with E-state index in [1.165, 1.54) is 11.1 Å². The second kappa shape index (κ2) is 4.62. The van der Waals surface area contributed by atoms with Gasteiger partial charge in [0.25, 0.3) is 0 Å². The lowest BCUT2D eigenvalue weighted by molar-refractivity contribution is 0.598. The second-order valence-electron chi connectivity index (χ2n) is 4.46. The van der Waals surface area contributed by atoms with Gasteiger partial charge in [-0.25, -0.2) is 0 Å². The lowest BCUT2D eigenvalue weighted by Gasteiger charge is -2.03. The van der Waals surface area contributed by atoms with Crippen molar-refractivity contribution in [3.8, 4) is 11.1 Å². The van der Waals surface area contributed by atoms with Crippen molar-refractivity contribution in [2.75, 3.05) is 5.73 Å². The van der Waals surface area contributed by atoms with Crippen molar-refractivity contribution >= 4 is 5.69 Å². The molecule has 3 nitrogen and oxygen atoms in total. The summed E-state index contributed by atoms with van der Waals surface area (Å²) in [6, 6.07) is 6.14. The van der Waals surface area contributed by atoms with Gasteiger partial charge in [-0.2, -0.15) is 5.10 Å². The van der Waals surface area contributed by atoms with Gasteiger partial charge in [-0.15, -0.1) is 0 Å². The minimum absolute atomic E-state index is 0.840. The molecule has 1 aromatic heterocycles. The van der Waals surface area contributed by atoms with Crippen molar-refractivity contribution in [1.29, 1.82) is 0 Å². The van der Waals surface area contributed by atoms with E-state index in [0.717, 1.165) is 29.9 Å². The number of aryl methyl sites for hydroxylation is 3. The predicted octanol–water partition coefficient (Wildman–Crippen LogP) is 3.16. The number of aromatic nitrogens is 2. The van der Waals surface area contributed by atoms with Crippen LogP contribution in [0.5, 0.6) is 0 Å². The number of rotatable bonds is 3. The van der Waals surface area contributed by atoms with Gasteiger partial charge in [0.05, 0.1) is 5.69 Å². The molecule has 0 atom stereocenters. The van der Waals surface area contributed by atoms with Gasteiger partial charge >= 0.3 is 0 Å². The van der Waals surface area contributed by atoms with Crippen LogP contribution in [0.15, 0.2) is 24.4 Å². The van der Waals surface area contributed by atoms with E-state index in [4.69, 9.17) is 5.73 Å². The Balaban J connectivity index is 2.41. The molecule has 0 saturated heterocycles. The van der Waals surface area contributed by atoms with E-state index < -0.39 is 0 Å². The fourth-order valence-corrected chi connectivity index (χ4v) is 1.99. The first-order valence-electron chi connectivity index (χ1n) is 6.02. The highest BCUT2D eigenvalue weighted by Crippen LogP contribution is 2.25. The average Bonchev–Trinajstić information content (AvgIpc) is 2.64.